The molecule has 2 amide bonds. The lowest BCUT2D eigenvalue weighted by Gasteiger charge is -2.24. The van der Waals surface area contributed by atoms with E-state index in [0.29, 0.717) is 43.2 Å². The van der Waals surface area contributed by atoms with E-state index in [1.807, 2.05) is 36.5 Å². The van der Waals surface area contributed by atoms with Gasteiger partial charge in [0.1, 0.15) is 6.04 Å². The number of carbonyl (C=O) groups excluding carboxylic acids is 2. The molecule has 1 atom stereocenters. The van der Waals surface area contributed by atoms with Crippen LogP contribution in [0.5, 0.6) is 11.5 Å². The summed E-state index contributed by atoms with van der Waals surface area (Å²) in [7, 11) is 0. The van der Waals surface area contributed by atoms with E-state index in [1.54, 1.807) is 15.6 Å². The van der Waals surface area contributed by atoms with E-state index in [-0.39, 0.29) is 18.6 Å². The van der Waals surface area contributed by atoms with E-state index in [4.69, 9.17) is 9.47 Å². The van der Waals surface area contributed by atoms with Gasteiger partial charge >= 0.3 is 0 Å². The molecule has 0 aliphatic carbocycles. The Balaban J connectivity index is 1.24. The summed E-state index contributed by atoms with van der Waals surface area (Å²) in [5.74, 6) is 1.57. The molecule has 2 aliphatic rings. The number of hydrogen-bond acceptors (Lipinski definition) is 5. The second-order valence-corrected chi connectivity index (χ2v) is 8.14. The third kappa shape index (κ3) is 4.16. The third-order valence-corrected chi connectivity index (χ3v) is 5.74. The van der Waals surface area contributed by atoms with Crippen LogP contribution >= 0.6 is 0 Å². The monoisotopic (exact) mass is 432 g/mol. The zero-order valence-corrected chi connectivity index (χ0v) is 17.8. The molecule has 1 unspecified atom stereocenters. The van der Waals surface area contributed by atoms with Crippen molar-refractivity contribution in [3.05, 3.63) is 71.4 Å². The standard InChI is InChI=1S/C24H24N4O4/c1-16-3-2-4-17(11-16)13-27-10-9-22(26-27)25-24(30)19-6-8-23(29)28(19)14-18-5-7-20-21(12-18)32-15-31-20/h2-5,7,9-12,19H,6,8,13-15H2,1H3,(H,25,26,30). The number of ether oxygens (including phenoxy) is 2. The highest BCUT2D eigenvalue weighted by atomic mass is 16.7. The number of nitrogens with zero attached hydrogens (tertiary/aromatic N) is 3. The van der Waals surface area contributed by atoms with Gasteiger partial charge in [0.2, 0.25) is 18.6 Å². The molecule has 2 aromatic carbocycles. The topological polar surface area (TPSA) is 85.7 Å². The summed E-state index contributed by atoms with van der Waals surface area (Å²) in [4.78, 5) is 27.1. The first-order valence-electron chi connectivity index (χ1n) is 10.6. The van der Waals surface area contributed by atoms with Crippen LogP contribution in [-0.2, 0) is 22.7 Å². The first kappa shape index (κ1) is 20.1. The maximum Gasteiger partial charge on any atom is 0.248 e. The number of fused-ring (bicyclic) bond motifs is 1. The maximum atomic E-state index is 13.0. The quantitative estimate of drug-likeness (QED) is 0.647. The second-order valence-electron chi connectivity index (χ2n) is 8.14. The average molecular weight is 432 g/mol. The van der Waals surface area contributed by atoms with Gasteiger partial charge in [-0.15, -0.1) is 0 Å². The number of aryl methyl sites for hydroxylation is 1. The minimum Gasteiger partial charge on any atom is -0.454 e. The van der Waals surface area contributed by atoms with Gasteiger partial charge in [0.15, 0.2) is 17.3 Å². The zero-order valence-electron chi connectivity index (χ0n) is 17.8. The smallest absolute Gasteiger partial charge is 0.248 e. The molecule has 1 N–H and O–H groups in total. The van der Waals surface area contributed by atoms with Crippen LogP contribution in [0.4, 0.5) is 5.82 Å². The summed E-state index contributed by atoms with van der Waals surface area (Å²) < 4.78 is 12.5. The molecule has 0 saturated carbocycles. The highest BCUT2D eigenvalue weighted by Crippen LogP contribution is 2.33. The Hall–Kier alpha value is -3.81. The summed E-state index contributed by atoms with van der Waals surface area (Å²) in [5.41, 5.74) is 3.23. The molecule has 1 aromatic heterocycles. The highest BCUT2D eigenvalue weighted by molar-refractivity contribution is 5.98. The Kier molecular flexibility index (Phi) is 5.26. The number of amides is 2. The number of hydrogen-bond donors (Lipinski definition) is 1. The maximum absolute atomic E-state index is 13.0. The Morgan fingerprint density at radius 2 is 1.94 bits per heavy atom. The van der Waals surface area contributed by atoms with E-state index >= 15 is 0 Å². The van der Waals surface area contributed by atoms with Crippen molar-refractivity contribution in [3.8, 4) is 11.5 Å². The predicted octanol–water partition coefficient (Wildman–Crippen LogP) is 3.10. The lowest BCUT2D eigenvalue weighted by atomic mass is 10.1. The molecule has 0 bridgehead atoms. The number of nitrogens with one attached hydrogen (secondary N) is 1. The first-order valence-corrected chi connectivity index (χ1v) is 10.6. The third-order valence-electron chi connectivity index (χ3n) is 5.74. The molecule has 3 aromatic rings. The van der Waals surface area contributed by atoms with Crippen molar-refractivity contribution in [3.63, 3.8) is 0 Å². The number of benzene rings is 2. The normalized spacial score (nSPS) is 17.1. The number of rotatable bonds is 6. The fourth-order valence-corrected chi connectivity index (χ4v) is 4.16. The molecule has 1 saturated heterocycles. The van der Waals surface area contributed by atoms with E-state index in [0.717, 1.165) is 11.1 Å². The Morgan fingerprint density at radius 1 is 1.09 bits per heavy atom. The summed E-state index contributed by atoms with van der Waals surface area (Å²) in [6.07, 6.45) is 2.67. The fourth-order valence-electron chi connectivity index (χ4n) is 4.16. The van der Waals surface area contributed by atoms with Gasteiger partial charge in [-0.3, -0.25) is 14.3 Å². The molecule has 164 valence electrons. The van der Waals surface area contributed by atoms with Crippen LogP contribution in [0.3, 0.4) is 0 Å². The minimum atomic E-state index is -0.533. The van der Waals surface area contributed by atoms with Crippen LogP contribution in [0.2, 0.25) is 0 Å². The molecule has 1 fully saturated rings. The zero-order chi connectivity index (χ0) is 22.1. The summed E-state index contributed by atoms with van der Waals surface area (Å²) in [6, 6.07) is 15.0. The number of carbonyl (C=O) groups is 2. The van der Waals surface area contributed by atoms with Gasteiger partial charge in [-0.1, -0.05) is 35.9 Å². The van der Waals surface area contributed by atoms with Crippen molar-refractivity contribution in [2.45, 2.75) is 38.9 Å². The largest absolute Gasteiger partial charge is 0.454 e. The van der Waals surface area contributed by atoms with Crippen LogP contribution in [0.1, 0.15) is 29.5 Å². The van der Waals surface area contributed by atoms with Gasteiger partial charge in [-0.2, -0.15) is 5.10 Å². The summed E-state index contributed by atoms with van der Waals surface area (Å²) >= 11 is 0. The Morgan fingerprint density at radius 3 is 2.81 bits per heavy atom. The van der Waals surface area contributed by atoms with Crippen LogP contribution in [0.15, 0.2) is 54.7 Å². The van der Waals surface area contributed by atoms with Crippen LogP contribution in [-0.4, -0.2) is 39.3 Å². The Labute approximate surface area is 185 Å². The minimum absolute atomic E-state index is 0.0345. The van der Waals surface area contributed by atoms with Crippen molar-refractivity contribution < 1.29 is 19.1 Å². The number of likely N-dealkylation sites (tertiary alicyclic amines) is 1. The lowest BCUT2D eigenvalue weighted by molar-refractivity contribution is -0.133. The molecule has 5 rings (SSSR count). The molecular formula is C24H24N4O4. The van der Waals surface area contributed by atoms with Crippen LogP contribution in [0, 0.1) is 6.92 Å². The van der Waals surface area contributed by atoms with Crippen molar-refractivity contribution in [2.24, 2.45) is 0 Å². The van der Waals surface area contributed by atoms with Gasteiger partial charge in [0, 0.05) is 25.2 Å². The molecule has 0 radical (unpaired) electrons. The molecule has 8 nitrogen and oxygen atoms in total. The second kappa shape index (κ2) is 8.37. The van der Waals surface area contributed by atoms with Gasteiger partial charge in [0.25, 0.3) is 0 Å². The Bertz CT molecular complexity index is 1170. The van der Waals surface area contributed by atoms with Crippen molar-refractivity contribution in [2.75, 3.05) is 12.1 Å². The first-order chi connectivity index (χ1) is 15.5. The van der Waals surface area contributed by atoms with E-state index in [2.05, 4.69) is 29.5 Å². The van der Waals surface area contributed by atoms with Gasteiger partial charge in [-0.25, -0.2) is 0 Å². The van der Waals surface area contributed by atoms with E-state index in [9.17, 15) is 9.59 Å². The SMILES string of the molecule is Cc1cccc(Cn2ccc(NC(=O)C3CCC(=O)N3Cc3ccc4c(c3)OCO4)n2)c1. The van der Waals surface area contributed by atoms with Crippen LogP contribution < -0.4 is 14.8 Å². The van der Waals surface area contributed by atoms with E-state index in [1.165, 1.54) is 5.56 Å². The lowest BCUT2D eigenvalue weighted by Crippen LogP contribution is -2.41. The predicted molar refractivity (Wildman–Crippen MR) is 117 cm³/mol. The van der Waals surface area contributed by atoms with Gasteiger partial charge in [0.05, 0.1) is 6.54 Å². The summed E-state index contributed by atoms with van der Waals surface area (Å²) in [5, 5.41) is 7.33. The molecule has 8 heteroatoms. The van der Waals surface area contributed by atoms with Crippen LogP contribution in [0.25, 0.3) is 0 Å². The number of aromatic nitrogens is 2. The summed E-state index contributed by atoms with van der Waals surface area (Å²) in [6.45, 7) is 3.21. The fraction of sp³-hybridized carbons (Fsp3) is 0.292. The molecule has 3 heterocycles. The number of anilines is 1. The average Bonchev–Trinajstić information content (AvgIpc) is 3.49. The van der Waals surface area contributed by atoms with Crippen molar-refractivity contribution >= 4 is 17.6 Å². The molecule has 32 heavy (non-hydrogen) atoms. The van der Waals surface area contributed by atoms with Gasteiger partial charge in [-0.05, 0) is 36.6 Å². The highest BCUT2D eigenvalue weighted by Gasteiger charge is 2.36. The molecular weight excluding hydrogens is 408 g/mol. The van der Waals surface area contributed by atoms with Crippen molar-refractivity contribution in [1.29, 1.82) is 0 Å². The molecule has 2 aliphatic heterocycles. The van der Waals surface area contributed by atoms with Crippen molar-refractivity contribution in [1.82, 2.24) is 14.7 Å². The molecule has 0 spiro atoms. The van der Waals surface area contributed by atoms with E-state index < -0.39 is 6.04 Å². The van der Waals surface area contributed by atoms with Gasteiger partial charge < -0.3 is 19.7 Å².